The summed E-state index contributed by atoms with van der Waals surface area (Å²) in [6.07, 6.45) is 0. The zero-order valence-electron chi connectivity index (χ0n) is 8.41. The van der Waals surface area contributed by atoms with E-state index in [0.29, 0.717) is 0 Å². The van der Waals surface area contributed by atoms with Gasteiger partial charge in [0, 0.05) is 5.56 Å². The SMILES string of the molecule is NC(=O)c1nc(-c2cc(F)ccc2F)sc1N. The van der Waals surface area contributed by atoms with Crippen molar-refractivity contribution in [2.45, 2.75) is 0 Å². The zero-order valence-corrected chi connectivity index (χ0v) is 9.22. The van der Waals surface area contributed by atoms with Gasteiger partial charge in [-0.3, -0.25) is 4.79 Å². The highest BCUT2D eigenvalue weighted by atomic mass is 32.1. The van der Waals surface area contributed by atoms with Crippen molar-refractivity contribution in [1.82, 2.24) is 4.98 Å². The summed E-state index contributed by atoms with van der Waals surface area (Å²) in [6, 6.07) is 2.95. The van der Waals surface area contributed by atoms with Gasteiger partial charge in [-0.05, 0) is 18.2 Å². The molecule has 0 aliphatic carbocycles. The van der Waals surface area contributed by atoms with Crippen molar-refractivity contribution < 1.29 is 13.6 Å². The molecule has 0 atom stereocenters. The largest absolute Gasteiger partial charge is 0.389 e. The van der Waals surface area contributed by atoms with Crippen molar-refractivity contribution in [2.75, 3.05) is 5.73 Å². The van der Waals surface area contributed by atoms with Crippen molar-refractivity contribution in [2.24, 2.45) is 5.73 Å². The van der Waals surface area contributed by atoms with Gasteiger partial charge in [-0.15, -0.1) is 0 Å². The van der Waals surface area contributed by atoms with Gasteiger partial charge in [-0.2, -0.15) is 0 Å². The first-order valence-corrected chi connectivity index (χ1v) is 5.32. The highest BCUT2D eigenvalue weighted by Crippen LogP contribution is 2.31. The Labute approximate surface area is 98.9 Å². The molecule has 0 unspecified atom stereocenters. The molecule has 0 spiro atoms. The Morgan fingerprint density at radius 1 is 1.35 bits per heavy atom. The molecule has 0 aliphatic rings. The van der Waals surface area contributed by atoms with E-state index >= 15 is 0 Å². The molecule has 2 aromatic rings. The van der Waals surface area contributed by atoms with Gasteiger partial charge in [0.2, 0.25) is 0 Å². The molecule has 17 heavy (non-hydrogen) atoms. The Kier molecular flexibility index (Phi) is 2.76. The fourth-order valence-electron chi connectivity index (χ4n) is 1.29. The van der Waals surface area contributed by atoms with Crippen LogP contribution in [0.4, 0.5) is 13.8 Å². The van der Waals surface area contributed by atoms with Crippen molar-refractivity contribution in [1.29, 1.82) is 0 Å². The van der Waals surface area contributed by atoms with Crippen molar-refractivity contribution >= 4 is 22.2 Å². The molecule has 0 bridgehead atoms. The minimum absolute atomic E-state index is 0.0470. The summed E-state index contributed by atoms with van der Waals surface area (Å²) >= 11 is 0.878. The number of nitrogen functional groups attached to an aromatic ring is 1. The number of aromatic nitrogens is 1. The third-order valence-corrected chi connectivity index (χ3v) is 2.96. The summed E-state index contributed by atoms with van der Waals surface area (Å²) < 4.78 is 26.4. The Balaban J connectivity index is 2.57. The lowest BCUT2D eigenvalue weighted by Crippen LogP contribution is -2.13. The number of hydrogen-bond acceptors (Lipinski definition) is 4. The first-order valence-electron chi connectivity index (χ1n) is 4.50. The summed E-state index contributed by atoms with van der Waals surface area (Å²) in [5, 5.41) is 0.199. The first kappa shape index (κ1) is 11.5. The van der Waals surface area contributed by atoms with Crippen LogP contribution < -0.4 is 11.5 Å². The second-order valence-corrected chi connectivity index (χ2v) is 4.25. The Morgan fingerprint density at radius 2 is 2.06 bits per heavy atom. The third kappa shape index (κ3) is 2.09. The van der Waals surface area contributed by atoms with Crippen molar-refractivity contribution in [3.05, 3.63) is 35.5 Å². The highest BCUT2D eigenvalue weighted by Gasteiger charge is 2.17. The van der Waals surface area contributed by atoms with Gasteiger partial charge < -0.3 is 11.5 Å². The number of benzene rings is 1. The number of nitrogens with zero attached hydrogens (tertiary/aromatic N) is 1. The number of halogens is 2. The number of thiazole rings is 1. The number of rotatable bonds is 2. The van der Waals surface area contributed by atoms with E-state index in [-0.39, 0.29) is 21.3 Å². The minimum atomic E-state index is -0.804. The van der Waals surface area contributed by atoms with Crippen LogP contribution in [0.1, 0.15) is 10.5 Å². The van der Waals surface area contributed by atoms with Gasteiger partial charge in [0.1, 0.15) is 21.6 Å². The quantitative estimate of drug-likeness (QED) is 0.857. The lowest BCUT2D eigenvalue weighted by molar-refractivity contribution is 0.0997. The van der Waals surface area contributed by atoms with Crippen LogP contribution in [-0.4, -0.2) is 10.9 Å². The van der Waals surface area contributed by atoms with Crippen LogP contribution in [0.5, 0.6) is 0 Å². The molecule has 1 aromatic heterocycles. The van der Waals surface area contributed by atoms with Gasteiger partial charge >= 0.3 is 0 Å². The number of anilines is 1. The highest BCUT2D eigenvalue weighted by molar-refractivity contribution is 7.19. The standard InChI is InChI=1S/C10H7F2N3OS/c11-4-1-2-6(12)5(3-4)10-15-7(8(13)16)9(14)17-10/h1-3H,14H2,(H2,13,16). The number of carbonyl (C=O) groups is 1. The summed E-state index contributed by atoms with van der Waals surface area (Å²) in [5.41, 5.74) is 10.4. The van der Waals surface area contributed by atoms with E-state index < -0.39 is 17.5 Å². The molecule has 0 aliphatic heterocycles. The van der Waals surface area contributed by atoms with Gasteiger partial charge in [-0.1, -0.05) is 11.3 Å². The minimum Gasteiger partial charge on any atom is -0.389 e. The molecule has 4 nitrogen and oxygen atoms in total. The van der Waals surface area contributed by atoms with Gasteiger partial charge in [0.05, 0.1) is 0 Å². The monoisotopic (exact) mass is 255 g/mol. The molecule has 4 N–H and O–H groups in total. The second kappa shape index (κ2) is 4.10. The van der Waals surface area contributed by atoms with Crippen molar-refractivity contribution in [3.8, 4) is 10.6 Å². The van der Waals surface area contributed by atoms with Gasteiger partial charge in [0.15, 0.2) is 5.69 Å². The van der Waals surface area contributed by atoms with E-state index in [1.807, 2.05) is 0 Å². The number of nitrogens with two attached hydrogens (primary N) is 2. The van der Waals surface area contributed by atoms with Crippen molar-refractivity contribution in [3.63, 3.8) is 0 Å². The molecule has 1 heterocycles. The summed E-state index contributed by atoms with van der Waals surface area (Å²) in [6.45, 7) is 0. The predicted molar refractivity (Wildman–Crippen MR) is 60.4 cm³/mol. The zero-order chi connectivity index (χ0) is 12.6. The number of carbonyl (C=O) groups excluding carboxylic acids is 1. The van der Waals surface area contributed by atoms with Gasteiger partial charge in [0.25, 0.3) is 5.91 Å². The van der Waals surface area contributed by atoms with Crippen LogP contribution in [0.2, 0.25) is 0 Å². The van der Waals surface area contributed by atoms with E-state index in [4.69, 9.17) is 11.5 Å². The maximum atomic E-state index is 13.4. The fraction of sp³-hybridized carbons (Fsp3) is 0. The summed E-state index contributed by atoms with van der Waals surface area (Å²) in [5.74, 6) is -2.05. The van der Waals surface area contributed by atoms with Gasteiger partial charge in [-0.25, -0.2) is 13.8 Å². The third-order valence-electron chi connectivity index (χ3n) is 2.05. The fourth-order valence-corrected chi connectivity index (χ4v) is 2.14. The maximum Gasteiger partial charge on any atom is 0.270 e. The lowest BCUT2D eigenvalue weighted by atomic mass is 10.2. The number of amides is 1. The molecule has 0 radical (unpaired) electrons. The van der Waals surface area contributed by atoms with E-state index in [1.54, 1.807) is 0 Å². The molecule has 88 valence electrons. The van der Waals surface area contributed by atoms with Crippen LogP contribution in [0, 0.1) is 11.6 Å². The molecular formula is C10H7F2N3OS. The van der Waals surface area contributed by atoms with E-state index in [9.17, 15) is 13.6 Å². The summed E-state index contributed by atoms with van der Waals surface area (Å²) in [7, 11) is 0. The number of primary amides is 1. The topological polar surface area (TPSA) is 82.0 Å². The van der Waals surface area contributed by atoms with E-state index in [0.717, 1.165) is 29.5 Å². The second-order valence-electron chi connectivity index (χ2n) is 3.22. The van der Waals surface area contributed by atoms with Crippen LogP contribution >= 0.6 is 11.3 Å². The molecule has 1 amide bonds. The molecule has 7 heteroatoms. The molecule has 1 aromatic carbocycles. The molecule has 0 fully saturated rings. The van der Waals surface area contributed by atoms with Crippen LogP contribution in [-0.2, 0) is 0 Å². The number of hydrogen-bond donors (Lipinski definition) is 2. The first-order chi connectivity index (χ1) is 7.99. The average molecular weight is 255 g/mol. The molecule has 2 rings (SSSR count). The summed E-state index contributed by atoms with van der Waals surface area (Å²) in [4.78, 5) is 14.7. The molecular weight excluding hydrogens is 248 g/mol. The Hall–Kier alpha value is -2.02. The average Bonchev–Trinajstić information content (AvgIpc) is 2.64. The smallest absolute Gasteiger partial charge is 0.270 e. The predicted octanol–water partition coefficient (Wildman–Crippen LogP) is 1.77. The van der Waals surface area contributed by atoms with Crippen LogP contribution in [0.25, 0.3) is 10.6 Å². The Bertz CT molecular complexity index is 597. The van der Waals surface area contributed by atoms with E-state index in [2.05, 4.69) is 4.98 Å². The Morgan fingerprint density at radius 3 is 2.65 bits per heavy atom. The van der Waals surface area contributed by atoms with Crippen LogP contribution in [0.15, 0.2) is 18.2 Å². The molecule has 0 saturated heterocycles. The maximum absolute atomic E-state index is 13.4. The van der Waals surface area contributed by atoms with Crippen LogP contribution in [0.3, 0.4) is 0 Å². The lowest BCUT2D eigenvalue weighted by Gasteiger charge is -1.98. The van der Waals surface area contributed by atoms with E-state index in [1.165, 1.54) is 0 Å². The molecule has 0 saturated carbocycles. The normalized spacial score (nSPS) is 10.5.